The van der Waals surface area contributed by atoms with E-state index in [1.54, 1.807) is 4.68 Å². The highest BCUT2D eigenvalue weighted by Crippen LogP contribution is 1.97. The van der Waals surface area contributed by atoms with Crippen molar-refractivity contribution in [1.29, 1.82) is 0 Å². The van der Waals surface area contributed by atoms with Crippen LogP contribution in [-0.2, 0) is 13.5 Å². The number of nitrogens with zero attached hydrogens (tertiary/aromatic N) is 3. The smallest absolute Gasteiger partial charge is 0.0962 e. The molecule has 1 aromatic rings. The minimum absolute atomic E-state index is 0.332. The average Bonchev–Trinajstić information content (AvgIpc) is 2.51. The summed E-state index contributed by atoms with van der Waals surface area (Å²) < 4.78 is 1.80. The zero-order valence-corrected chi connectivity index (χ0v) is 9.07. The van der Waals surface area contributed by atoms with Gasteiger partial charge in [-0.05, 0) is 6.07 Å². The number of aliphatic imine (C=N–C) groups is 1. The van der Waals surface area contributed by atoms with Crippen LogP contribution in [0.3, 0.4) is 0 Å². The molecule has 0 saturated carbocycles. The molecule has 1 aromatic heterocycles. The lowest BCUT2D eigenvalue weighted by atomic mass is 10.2. The van der Waals surface area contributed by atoms with Crippen molar-refractivity contribution in [1.82, 2.24) is 9.78 Å². The Morgan fingerprint density at radius 1 is 1.64 bits per heavy atom. The van der Waals surface area contributed by atoms with Gasteiger partial charge in [0.25, 0.3) is 0 Å². The van der Waals surface area contributed by atoms with E-state index < -0.39 is 0 Å². The molecule has 14 heavy (non-hydrogen) atoms. The van der Waals surface area contributed by atoms with Crippen LogP contribution in [0, 0.1) is 5.92 Å². The van der Waals surface area contributed by atoms with Gasteiger partial charge in [0.2, 0.25) is 0 Å². The fourth-order valence-electron chi connectivity index (χ4n) is 1.08. The first kappa shape index (κ1) is 10.8. The molecule has 0 bridgehead atoms. The highest BCUT2D eigenvalue weighted by Gasteiger charge is 1.99. The quantitative estimate of drug-likeness (QED) is 0.573. The number of rotatable bonds is 4. The Labute approximate surface area is 84.8 Å². The predicted molar refractivity (Wildman–Crippen MR) is 58.2 cm³/mol. The van der Waals surface area contributed by atoms with Gasteiger partial charge in [0, 0.05) is 32.1 Å². The molecule has 0 aliphatic carbocycles. The van der Waals surface area contributed by atoms with Gasteiger partial charge in [0.15, 0.2) is 0 Å². The Morgan fingerprint density at radius 2 is 2.36 bits per heavy atom. The van der Waals surface area contributed by atoms with E-state index in [1.165, 1.54) is 0 Å². The number of hydrogen-bond acceptors (Lipinski definition) is 2. The van der Waals surface area contributed by atoms with E-state index in [4.69, 9.17) is 5.73 Å². The van der Waals surface area contributed by atoms with Gasteiger partial charge in [-0.1, -0.05) is 13.8 Å². The molecule has 4 nitrogen and oxygen atoms in total. The van der Waals surface area contributed by atoms with Gasteiger partial charge >= 0.3 is 0 Å². The fourth-order valence-corrected chi connectivity index (χ4v) is 1.08. The van der Waals surface area contributed by atoms with Crippen LogP contribution in [0.25, 0.3) is 0 Å². The number of hydrogen-bond donors (Lipinski definition) is 1. The molecule has 0 amide bonds. The Morgan fingerprint density at radius 3 is 2.86 bits per heavy atom. The third-order valence-corrected chi connectivity index (χ3v) is 2.02. The highest BCUT2D eigenvalue weighted by molar-refractivity contribution is 5.82. The molecule has 4 heteroatoms. The number of amidine groups is 1. The van der Waals surface area contributed by atoms with Crippen molar-refractivity contribution in [2.24, 2.45) is 23.7 Å². The number of nitrogens with two attached hydrogens (primary N) is 1. The van der Waals surface area contributed by atoms with E-state index in [2.05, 4.69) is 10.1 Å². The minimum atomic E-state index is 0.332. The third-order valence-electron chi connectivity index (χ3n) is 2.02. The van der Waals surface area contributed by atoms with Crippen LogP contribution in [0.15, 0.2) is 17.3 Å². The normalized spacial score (nSPS) is 12.4. The Hall–Kier alpha value is -1.32. The molecule has 0 atom stereocenters. The Balaban J connectivity index is 2.38. The van der Waals surface area contributed by atoms with Crippen LogP contribution in [-0.4, -0.2) is 22.2 Å². The lowest BCUT2D eigenvalue weighted by molar-refractivity contribution is 0.737. The first-order chi connectivity index (χ1) is 6.59. The molecular weight excluding hydrogens is 176 g/mol. The maximum absolute atomic E-state index is 5.71. The van der Waals surface area contributed by atoms with Gasteiger partial charge in [-0.25, -0.2) is 0 Å². The standard InChI is InChI=1S/C10H18N4/c1-8(2)10(11)12-6-4-9-5-7-14(3)13-9/h5,7-8H,4,6H2,1-3H3,(H2,11,12). The van der Waals surface area contributed by atoms with Gasteiger partial charge in [0.05, 0.1) is 11.5 Å². The highest BCUT2D eigenvalue weighted by atomic mass is 15.2. The SMILES string of the molecule is CC(C)C(N)=NCCc1ccn(C)n1. The molecule has 0 aromatic carbocycles. The number of aryl methyl sites for hydroxylation is 1. The molecule has 0 saturated heterocycles. The topological polar surface area (TPSA) is 56.2 Å². The van der Waals surface area contributed by atoms with Gasteiger partial charge in [0.1, 0.15) is 0 Å². The second-order valence-corrected chi connectivity index (χ2v) is 3.69. The van der Waals surface area contributed by atoms with E-state index in [0.717, 1.165) is 24.5 Å². The van der Waals surface area contributed by atoms with Gasteiger partial charge in [-0.15, -0.1) is 0 Å². The molecule has 0 aliphatic heterocycles. The van der Waals surface area contributed by atoms with E-state index in [-0.39, 0.29) is 0 Å². The zero-order valence-electron chi connectivity index (χ0n) is 9.07. The molecule has 0 fully saturated rings. The van der Waals surface area contributed by atoms with Crippen molar-refractivity contribution in [3.05, 3.63) is 18.0 Å². The lowest BCUT2D eigenvalue weighted by Gasteiger charge is -2.02. The van der Waals surface area contributed by atoms with Crippen molar-refractivity contribution in [3.8, 4) is 0 Å². The maximum Gasteiger partial charge on any atom is 0.0962 e. The number of aromatic nitrogens is 2. The van der Waals surface area contributed by atoms with Crippen molar-refractivity contribution >= 4 is 5.84 Å². The van der Waals surface area contributed by atoms with Crippen molar-refractivity contribution in [3.63, 3.8) is 0 Å². The van der Waals surface area contributed by atoms with Crippen LogP contribution in [0.5, 0.6) is 0 Å². The Kier molecular flexibility index (Phi) is 3.68. The predicted octanol–water partition coefficient (Wildman–Crippen LogP) is 0.976. The van der Waals surface area contributed by atoms with Crippen LogP contribution >= 0.6 is 0 Å². The fraction of sp³-hybridized carbons (Fsp3) is 0.600. The van der Waals surface area contributed by atoms with E-state index in [0.29, 0.717) is 5.92 Å². The average molecular weight is 194 g/mol. The molecule has 0 unspecified atom stereocenters. The summed E-state index contributed by atoms with van der Waals surface area (Å²) in [6.07, 6.45) is 2.79. The maximum atomic E-state index is 5.71. The summed E-state index contributed by atoms with van der Waals surface area (Å²) in [6, 6.07) is 2.00. The zero-order chi connectivity index (χ0) is 10.6. The third kappa shape index (κ3) is 3.20. The summed E-state index contributed by atoms with van der Waals surface area (Å²) in [5.74, 6) is 1.06. The van der Waals surface area contributed by atoms with Gasteiger partial charge in [-0.2, -0.15) is 5.10 Å². The van der Waals surface area contributed by atoms with Gasteiger partial charge < -0.3 is 5.73 Å². The van der Waals surface area contributed by atoms with Crippen molar-refractivity contribution in [2.75, 3.05) is 6.54 Å². The summed E-state index contributed by atoms with van der Waals surface area (Å²) in [4.78, 5) is 4.27. The van der Waals surface area contributed by atoms with E-state index in [9.17, 15) is 0 Å². The molecule has 0 aliphatic rings. The van der Waals surface area contributed by atoms with Crippen LogP contribution in [0.2, 0.25) is 0 Å². The molecular formula is C10H18N4. The van der Waals surface area contributed by atoms with Crippen molar-refractivity contribution in [2.45, 2.75) is 20.3 Å². The lowest BCUT2D eigenvalue weighted by Crippen LogP contribution is -2.19. The van der Waals surface area contributed by atoms with Gasteiger partial charge in [-0.3, -0.25) is 9.67 Å². The summed E-state index contributed by atoms with van der Waals surface area (Å²) in [5.41, 5.74) is 6.77. The van der Waals surface area contributed by atoms with Crippen molar-refractivity contribution < 1.29 is 0 Å². The minimum Gasteiger partial charge on any atom is -0.387 e. The molecule has 0 radical (unpaired) electrons. The molecule has 1 rings (SSSR count). The monoisotopic (exact) mass is 194 g/mol. The summed E-state index contributed by atoms with van der Waals surface area (Å²) in [6.45, 7) is 4.81. The summed E-state index contributed by atoms with van der Waals surface area (Å²) in [5, 5.41) is 4.26. The van der Waals surface area contributed by atoms with E-state index in [1.807, 2.05) is 33.2 Å². The largest absolute Gasteiger partial charge is 0.387 e. The summed E-state index contributed by atoms with van der Waals surface area (Å²) in [7, 11) is 1.91. The van der Waals surface area contributed by atoms with E-state index >= 15 is 0 Å². The van der Waals surface area contributed by atoms with Crippen LogP contribution in [0.1, 0.15) is 19.5 Å². The van der Waals surface area contributed by atoms with Crippen LogP contribution < -0.4 is 5.73 Å². The van der Waals surface area contributed by atoms with Crippen LogP contribution in [0.4, 0.5) is 0 Å². The molecule has 1 heterocycles. The molecule has 2 N–H and O–H groups in total. The second-order valence-electron chi connectivity index (χ2n) is 3.69. The molecule has 78 valence electrons. The summed E-state index contributed by atoms with van der Waals surface area (Å²) >= 11 is 0. The second kappa shape index (κ2) is 4.79. The molecule has 0 spiro atoms. The first-order valence-corrected chi connectivity index (χ1v) is 4.88. The Bertz CT molecular complexity index is 312. The first-order valence-electron chi connectivity index (χ1n) is 4.88.